The summed E-state index contributed by atoms with van der Waals surface area (Å²) in [4.78, 5) is 92.5. The van der Waals surface area contributed by atoms with E-state index >= 15 is 0 Å². The first kappa shape index (κ1) is 125. The van der Waals surface area contributed by atoms with Crippen molar-refractivity contribution in [1.82, 2.24) is 27.8 Å². The number of hydrogen-bond donors (Lipinski definition) is 10. The first-order chi connectivity index (χ1) is 66.8. The smallest absolute Gasteiger partial charge is 0.478 e. The number of nitrogens with two attached hydrogens (primary N) is 4. The number of nitrogens with one attached hydrogen (secondary N) is 5. The van der Waals surface area contributed by atoms with Gasteiger partial charge in [-0.25, -0.2) is 9.78 Å². The van der Waals surface area contributed by atoms with Crippen molar-refractivity contribution >= 4 is 102 Å². The van der Waals surface area contributed by atoms with E-state index in [0.717, 1.165) is 99.3 Å². The van der Waals surface area contributed by atoms with Gasteiger partial charge in [-0.1, -0.05) is 227 Å². The highest BCUT2D eigenvalue weighted by molar-refractivity contribution is 9.10. The van der Waals surface area contributed by atoms with Gasteiger partial charge in [0, 0.05) is 125 Å². The first-order valence-electron chi connectivity index (χ1n) is 50.2. The number of carbonyl (C=O) groups excluding carboxylic acids is 1. The van der Waals surface area contributed by atoms with E-state index in [1.54, 1.807) is 93.9 Å². The zero-order valence-electron chi connectivity index (χ0n) is 95.4. The Morgan fingerprint density at radius 2 is 0.691 bits per heavy atom. The molecular weight excluding hydrogens is 1930 g/mol. The van der Waals surface area contributed by atoms with Gasteiger partial charge in [0.1, 0.15) is 29.1 Å². The maximum Gasteiger partial charge on any atom is 0.495 e. The molecule has 0 unspecified atom stereocenters. The van der Waals surface area contributed by atoms with Gasteiger partial charge < -0.3 is 82.2 Å². The van der Waals surface area contributed by atoms with E-state index in [1.807, 2.05) is 205 Å². The number of nitrogens with zero attached hydrogens (tertiary/aromatic N) is 6. The van der Waals surface area contributed by atoms with Crippen LogP contribution in [0, 0.1) is 0 Å². The highest BCUT2D eigenvalue weighted by Crippen LogP contribution is 2.45. The normalized spacial score (nSPS) is 13.3. The number of aryl methyl sites for hydroxylation is 4. The molecular formula is C122H175BBrN15O10. The molecule has 7 aromatic carbocycles. The van der Waals surface area contributed by atoms with Crippen molar-refractivity contribution < 1.29 is 24.0 Å². The SMILES string of the molecule is C.C.CC(C)(C)c1c(N)cccc1B1OC(C)(C)C(C)(C)O1.CC(C)(C)c1ccc(C(=O)O)c(N)c1.Cn1cc(-c2cccc(-n3cnc4cc(C(C)(C)C)ccc4c3=O)c2C(C)(C)C)cc(NC(C)(C)C)c1=O.Cn1cc(-c2cccc(N)c2C(C)(C)C)cc(NC(C)(C)C)c1=O.Cn1cc(-c2cccc(NC(=O)c3ccc(C(C)(C)C)cc3N)c2C(C)(C)C)cc(NC(C)(C)C)c1=O.Cn1cc(Br)cc(NC(C)(C)C)c1=O. The topological polar surface area (TPSA) is 360 Å². The number of rotatable bonds is 12. The molecule has 808 valence electrons. The molecule has 12 aromatic rings. The summed E-state index contributed by atoms with van der Waals surface area (Å²) >= 11 is 3.35. The van der Waals surface area contributed by atoms with E-state index < -0.39 is 5.97 Å². The number of aromatic nitrogens is 6. The molecule has 1 amide bonds. The van der Waals surface area contributed by atoms with Gasteiger partial charge in [0.2, 0.25) is 0 Å². The average molecular weight is 2100 g/mol. The molecule has 0 aliphatic carbocycles. The zero-order valence-corrected chi connectivity index (χ0v) is 97.0. The van der Waals surface area contributed by atoms with Crippen LogP contribution in [0.5, 0.6) is 0 Å². The maximum atomic E-state index is 13.8. The molecule has 149 heavy (non-hydrogen) atoms. The van der Waals surface area contributed by atoms with Crippen molar-refractivity contribution in [3.05, 3.63) is 289 Å². The van der Waals surface area contributed by atoms with Crippen LogP contribution in [0.15, 0.2) is 211 Å². The third-order valence-corrected chi connectivity index (χ3v) is 25.4. The minimum Gasteiger partial charge on any atom is -0.478 e. The summed E-state index contributed by atoms with van der Waals surface area (Å²) in [5.74, 6) is -1.24. The molecule has 1 aliphatic heterocycles. The predicted octanol–water partition coefficient (Wildman–Crippen LogP) is 26.2. The van der Waals surface area contributed by atoms with Gasteiger partial charge >= 0.3 is 13.1 Å². The van der Waals surface area contributed by atoms with E-state index in [0.29, 0.717) is 56.3 Å². The lowest BCUT2D eigenvalue weighted by atomic mass is 9.69. The van der Waals surface area contributed by atoms with Crippen LogP contribution >= 0.6 is 15.9 Å². The average Bonchev–Trinajstić information content (AvgIpc) is 1.68. The van der Waals surface area contributed by atoms with Crippen LogP contribution in [0.1, 0.15) is 331 Å². The summed E-state index contributed by atoms with van der Waals surface area (Å²) in [5.41, 5.74) is 43.5. The maximum absolute atomic E-state index is 13.8. The van der Waals surface area contributed by atoms with Crippen LogP contribution in [-0.2, 0) is 75.4 Å². The van der Waals surface area contributed by atoms with Crippen molar-refractivity contribution in [1.29, 1.82) is 0 Å². The second kappa shape index (κ2) is 46.4. The minimum absolute atomic E-state index is 0. The lowest BCUT2D eigenvalue weighted by Gasteiger charge is -2.32. The minimum atomic E-state index is -0.983. The summed E-state index contributed by atoms with van der Waals surface area (Å²) in [6, 6.07) is 47.9. The standard InChI is InChI=1S/C32H40N4O2.C31H42N4O2.C20H29N3O.C16H26BNO2.C11H15NO2.C10H15BrN2O.2CH4/c1-30(2,3)21-14-15-23-24(17-21)33-19-36(28(23)37)26-13-11-12-22(27(26)31(4,5)6)20-16-25(34-32(7,8)9)29(38)35(10)18-20;1-29(2,3)20-14-15-22(23(32)17-20)27(36)33-24-13-11-12-21(26(24)30(4,5)6)19-16-25(34-31(7,8)9)28(37)35(10)18-19;1-19(2,3)17-14(9-8-10-15(17)21)13-11-16(22-20(4,5)6)18(24)23(7)12-13;1-14(2,3)13-11(9-8-10-12(13)18)17-19-15(4,5)16(6,7)20-17;1-11(2,3)7-4-5-8(10(13)14)9(12)6-7;1-10(2,3)12-8-5-7(11)6-13(4)9(8)14;;/h11-19,34H,1-10H3;11-18,34H,32H2,1-10H3,(H,33,36);8-12,22H,21H2,1-7H3;8-10H,18H2,1-7H3;4-6H,12H2,1-3H3,(H,13,14);5-6,12H,1-4H3;2*1H4. The predicted molar refractivity (Wildman–Crippen MR) is 637 cm³/mol. The Kier molecular flexibility index (Phi) is 38.9. The monoisotopic (exact) mass is 2100 g/mol. The molecule has 1 aliphatic rings. The molecule has 6 heterocycles. The van der Waals surface area contributed by atoms with Gasteiger partial charge in [-0.2, -0.15) is 0 Å². The molecule has 1 saturated heterocycles. The zero-order chi connectivity index (χ0) is 112. The number of hydrogen-bond acceptors (Lipinski definition) is 18. The number of anilines is 9. The van der Waals surface area contributed by atoms with Crippen LogP contribution in [0.3, 0.4) is 0 Å². The molecule has 13 rings (SSSR count). The lowest BCUT2D eigenvalue weighted by Crippen LogP contribution is -2.41. The summed E-state index contributed by atoms with van der Waals surface area (Å²) < 4.78 is 21.3. The van der Waals surface area contributed by atoms with Gasteiger partial charge in [0.25, 0.3) is 33.7 Å². The number of benzene rings is 7. The van der Waals surface area contributed by atoms with Gasteiger partial charge in [-0.05, 0) is 311 Å². The van der Waals surface area contributed by atoms with E-state index in [1.165, 1.54) is 0 Å². The van der Waals surface area contributed by atoms with Crippen LogP contribution in [0.4, 0.5) is 51.2 Å². The Morgan fingerprint density at radius 1 is 0.362 bits per heavy atom. The van der Waals surface area contributed by atoms with E-state index in [-0.39, 0.29) is 133 Å². The van der Waals surface area contributed by atoms with Gasteiger partial charge in [0.05, 0.1) is 38.9 Å². The number of fused-ring (bicyclic) bond motifs is 1. The Hall–Kier alpha value is -12.7. The number of halogens is 1. The Bertz CT molecular complexity index is 7140. The number of carbonyl (C=O) groups is 2. The van der Waals surface area contributed by atoms with Crippen LogP contribution in [0.25, 0.3) is 50.0 Å². The first-order valence-corrected chi connectivity index (χ1v) is 51.0. The fraction of sp³-hybridized carbons (Fsp3) is 0.459. The largest absolute Gasteiger partial charge is 0.495 e. The van der Waals surface area contributed by atoms with Crippen molar-refractivity contribution in [3.8, 4) is 39.1 Å². The Morgan fingerprint density at radius 3 is 1.06 bits per heavy atom. The number of pyridine rings is 4. The quantitative estimate of drug-likeness (QED) is 0.0401. The molecule has 27 heteroatoms. The number of carboxylic acid groups (broad SMARTS) is 1. The number of amides is 1. The molecule has 0 radical (unpaired) electrons. The highest BCUT2D eigenvalue weighted by atomic mass is 79.9. The third-order valence-electron chi connectivity index (χ3n) is 25.0. The van der Waals surface area contributed by atoms with Gasteiger partial charge in [-0.15, -0.1) is 0 Å². The molecule has 5 aromatic heterocycles. The number of nitrogen functional groups attached to an aromatic ring is 4. The van der Waals surface area contributed by atoms with Crippen LogP contribution < -0.4 is 82.8 Å². The van der Waals surface area contributed by atoms with Crippen LogP contribution in [-0.4, -0.2) is 85.3 Å². The molecule has 0 atom stereocenters. The fourth-order valence-corrected chi connectivity index (χ4v) is 17.9. The van der Waals surface area contributed by atoms with Crippen molar-refractivity contribution in [3.63, 3.8) is 0 Å². The highest BCUT2D eigenvalue weighted by Gasteiger charge is 2.53. The van der Waals surface area contributed by atoms with E-state index in [4.69, 9.17) is 42.3 Å². The molecule has 0 saturated carbocycles. The van der Waals surface area contributed by atoms with E-state index in [9.17, 15) is 33.6 Å². The molecule has 25 nitrogen and oxygen atoms in total. The van der Waals surface area contributed by atoms with E-state index in [2.05, 4.69) is 234 Å². The second-order valence-electron chi connectivity index (χ2n) is 51.0. The van der Waals surface area contributed by atoms with Gasteiger partial charge in [-0.3, -0.25) is 33.3 Å². The fourth-order valence-electron chi connectivity index (χ4n) is 17.4. The number of carboxylic acids is 1. The van der Waals surface area contributed by atoms with Gasteiger partial charge in [0.15, 0.2) is 0 Å². The molecule has 14 N–H and O–H groups in total. The Labute approximate surface area is 896 Å². The van der Waals surface area contributed by atoms with Crippen molar-refractivity contribution in [2.75, 3.05) is 49.5 Å². The number of aromatic carboxylic acids is 1. The summed E-state index contributed by atoms with van der Waals surface area (Å²) in [7, 11) is 6.68. The van der Waals surface area contributed by atoms with Crippen molar-refractivity contribution in [2.45, 2.75) is 342 Å². The molecule has 1 fully saturated rings. The summed E-state index contributed by atoms with van der Waals surface area (Å²) in [6.45, 7) is 77.3. The lowest BCUT2D eigenvalue weighted by molar-refractivity contribution is 0.00578. The molecule has 0 spiro atoms. The van der Waals surface area contributed by atoms with Crippen LogP contribution in [0.2, 0.25) is 0 Å². The molecule has 0 bridgehead atoms. The second-order valence-corrected chi connectivity index (χ2v) is 51.9. The summed E-state index contributed by atoms with van der Waals surface area (Å²) in [5, 5.41) is 25.6. The third kappa shape index (κ3) is 32.4. The Balaban J connectivity index is 0.000000283. The summed E-state index contributed by atoms with van der Waals surface area (Å²) in [6.07, 6.45) is 8.96. The van der Waals surface area contributed by atoms with Crippen molar-refractivity contribution in [2.24, 2.45) is 28.2 Å².